The highest BCUT2D eigenvalue weighted by molar-refractivity contribution is 7.93. The Hall–Kier alpha value is -4.43. The molecule has 41 heavy (non-hydrogen) atoms. The van der Waals surface area contributed by atoms with Crippen LogP contribution in [0.3, 0.4) is 0 Å². The predicted octanol–water partition coefficient (Wildman–Crippen LogP) is 3.59. The number of hydrogen-bond donors (Lipinski definition) is 1. The van der Waals surface area contributed by atoms with Crippen molar-refractivity contribution < 1.29 is 32.1 Å². The number of benzene rings is 2. The second kappa shape index (κ2) is 12.4. The molecule has 0 unspecified atom stereocenters. The van der Waals surface area contributed by atoms with Crippen molar-refractivity contribution in [2.75, 3.05) is 40.3 Å². The maximum atomic E-state index is 13.8. The zero-order valence-corrected chi connectivity index (χ0v) is 24.6. The summed E-state index contributed by atoms with van der Waals surface area (Å²) in [6, 6.07) is 10.3. The van der Waals surface area contributed by atoms with E-state index in [-0.39, 0.29) is 17.6 Å². The molecule has 2 atom stereocenters. The van der Waals surface area contributed by atoms with E-state index in [1.165, 1.54) is 47.0 Å². The molecule has 2 aromatic heterocycles. The zero-order valence-electron chi connectivity index (χ0n) is 23.8. The van der Waals surface area contributed by atoms with Crippen LogP contribution in [0.2, 0.25) is 0 Å². The van der Waals surface area contributed by atoms with Crippen LogP contribution < -0.4 is 23.7 Å². The van der Waals surface area contributed by atoms with Gasteiger partial charge in [-0.25, -0.2) is 18.4 Å². The van der Waals surface area contributed by atoms with Crippen LogP contribution in [0.5, 0.6) is 23.0 Å². The summed E-state index contributed by atoms with van der Waals surface area (Å²) >= 11 is 0. The summed E-state index contributed by atoms with van der Waals surface area (Å²) < 4.78 is 59.4. The first-order valence-electron chi connectivity index (χ1n) is 12.4. The molecule has 0 saturated heterocycles. The summed E-state index contributed by atoms with van der Waals surface area (Å²) in [6.45, 7) is 3.33. The Morgan fingerprint density at radius 3 is 2.05 bits per heavy atom. The lowest BCUT2D eigenvalue weighted by Gasteiger charge is -2.23. The maximum absolute atomic E-state index is 13.8. The highest BCUT2D eigenvalue weighted by Crippen LogP contribution is 2.41. The van der Waals surface area contributed by atoms with Gasteiger partial charge in [-0.2, -0.15) is 0 Å². The molecular weight excluding hydrogens is 552 g/mol. The van der Waals surface area contributed by atoms with Gasteiger partial charge in [-0.05, 0) is 49.7 Å². The van der Waals surface area contributed by atoms with Crippen molar-refractivity contribution in [3.05, 3.63) is 60.2 Å². The van der Waals surface area contributed by atoms with E-state index >= 15 is 0 Å². The maximum Gasteiger partial charge on any atom is 0.243 e. The smallest absolute Gasteiger partial charge is 0.243 e. The van der Waals surface area contributed by atoms with Gasteiger partial charge in [-0.3, -0.25) is 9.29 Å². The first-order chi connectivity index (χ1) is 19.7. The Labute approximate surface area is 238 Å². The first-order valence-corrected chi connectivity index (χ1v) is 14.0. The van der Waals surface area contributed by atoms with Gasteiger partial charge in [-0.1, -0.05) is 6.07 Å². The molecule has 0 radical (unpaired) electrons. The molecule has 2 heterocycles. The highest BCUT2D eigenvalue weighted by Gasteiger charge is 2.35. The summed E-state index contributed by atoms with van der Waals surface area (Å²) in [6.07, 6.45) is 2.22. The van der Waals surface area contributed by atoms with E-state index in [4.69, 9.17) is 23.7 Å². The number of methoxy groups -OCH3 is 5. The number of nitrogens with zero attached hydrogens (tertiary/aromatic N) is 5. The van der Waals surface area contributed by atoms with Crippen molar-refractivity contribution in [3.8, 4) is 40.1 Å². The number of ether oxygens (including phenoxy) is 5. The fraction of sp³-hybridized carbons (Fsp3) is 0.333. The van der Waals surface area contributed by atoms with Gasteiger partial charge >= 0.3 is 0 Å². The molecule has 0 spiro atoms. The molecular formula is C27H32N6O7S. The second-order valence-corrected chi connectivity index (χ2v) is 10.9. The van der Waals surface area contributed by atoms with Crippen LogP contribution in [0.25, 0.3) is 17.1 Å². The molecule has 4 rings (SSSR count). The van der Waals surface area contributed by atoms with Gasteiger partial charge in [0.2, 0.25) is 16.0 Å². The van der Waals surface area contributed by atoms with E-state index in [9.17, 15) is 8.42 Å². The van der Waals surface area contributed by atoms with Crippen LogP contribution >= 0.6 is 0 Å². The van der Waals surface area contributed by atoms with Crippen LogP contribution in [-0.2, 0) is 14.8 Å². The lowest BCUT2D eigenvalue weighted by molar-refractivity contribution is 0.0949. The minimum absolute atomic E-state index is 0.126. The number of rotatable bonds is 12. The van der Waals surface area contributed by atoms with Crippen molar-refractivity contribution in [2.24, 2.45) is 0 Å². The fourth-order valence-corrected chi connectivity index (χ4v) is 5.35. The lowest BCUT2D eigenvalue weighted by Crippen LogP contribution is -2.33. The third-order valence-electron chi connectivity index (χ3n) is 6.39. The third-order valence-corrected chi connectivity index (χ3v) is 8.09. The average molecular weight is 585 g/mol. The number of nitrogens with one attached hydrogen (secondary N) is 1. The lowest BCUT2D eigenvalue weighted by atomic mass is 10.1. The van der Waals surface area contributed by atoms with Crippen molar-refractivity contribution in [2.45, 2.75) is 25.2 Å². The van der Waals surface area contributed by atoms with Crippen molar-refractivity contribution in [3.63, 3.8) is 0 Å². The average Bonchev–Trinajstić information content (AvgIpc) is 3.39. The van der Waals surface area contributed by atoms with Gasteiger partial charge in [0.05, 0.1) is 34.0 Å². The Morgan fingerprint density at radius 1 is 0.854 bits per heavy atom. The molecule has 1 N–H and O–H groups in total. The summed E-state index contributed by atoms with van der Waals surface area (Å²) in [7, 11) is 3.26. The van der Waals surface area contributed by atoms with Gasteiger partial charge in [0.1, 0.15) is 40.0 Å². The van der Waals surface area contributed by atoms with Crippen LogP contribution in [0, 0.1) is 6.92 Å². The molecule has 13 nitrogen and oxygen atoms in total. The number of sulfonamides is 1. The number of para-hydroxylation sites is 1. The molecule has 0 bridgehead atoms. The van der Waals surface area contributed by atoms with Crippen LogP contribution in [0.1, 0.15) is 24.4 Å². The molecule has 0 aliphatic heterocycles. The van der Waals surface area contributed by atoms with Crippen molar-refractivity contribution >= 4 is 16.0 Å². The number of aromatic nitrogens is 5. The normalized spacial score (nSPS) is 12.9. The monoisotopic (exact) mass is 584 g/mol. The minimum Gasteiger partial charge on any atom is -0.497 e. The SMILES string of the molecule is COc1ccc(OC)c(-c2nnc(NS(=O)(=O)[C@@H](C)[C@H](OC)c3ncc(C)cn3)n2-c2c(OC)cccc2OC)c1. The van der Waals surface area contributed by atoms with E-state index < -0.39 is 21.4 Å². The molecule has 14 heteroatoms. The molecule has 0 aliphatic rings. The Bertz CT molecular complexity index is 1590. The Balaban J connectivity index is 1.90. The number of anilines is 1. The first kappa shape index (κ1) is 29.6. The van der Waals surface area contributed by atoms with E-state index in [0.29, 0.717) is 34.2 Å². The van der Waals surface area contributed by atoms with Crippen LogP contribution in [-0.4, -0.2) is 73.9 Å². The van der Waals surface area contributed by atoms with Gasteiger partial charge in [0, 0.05) is 19.5 Å². The summed E-state index contributed by atoms with van der Waals surface area (Å²) in [5, 5.41) is 7.46. The van der Waals surface area contributed by atoms with E-state index in [0.717, 1.165) is 5.56 Å². The van der Waals surface area contributed by atoms with Crippen molar-refractivity contribution in [1.82, 2.24) is 24.7 Å². The van der Waals surface area contributed by atoms with Gasteiger partial charge < -0.3 is 23.7 Å². The topological polar surface area (TPSA) is 149 Å². The van der Waals surface area contributed by atoms with Gasteiger partial charge in [-0.15, -0.1) is 10.2 Å². The summed E-state index contributed by atoms with van der Waals surface area (Å²) in [5.41, 5.74) is 1.67. The second-order valence-electron chi connectivity index (χ2n) is 8.89. The van der Waals surface area contributed by atoms with E-state index in [1.54, 1.807) is 48.8 Å². The van der Waals surface area contributed by atoms with E-state index in [2.05, 4.69) is 24.9 Å². The third kappa shape index (κ3) is 5.88. The highest BCUT2D eigenvalue weighted by atomic mass is 32.2. The molecule has 0 saturated carbocycles. The standard InChI is InChI=1S/C27H32N6O7S/c1-16-14-28-25(29-15-16)24(40-7)17(2)41(34,35)32-27-31-30-26(19-13-18(36-3)11-12-20(19)37-4)33(27)23-21(38-5)9-8-10-22(23)39-6/h8-15,17,24H,1-7H3,(H,31,32)/t17-,24-/m0/s1. The predicted molar refractivity (Wildman–Crippen MR) is 152 cm³/mol. The quantitative estimate of drug-likeness (QED) is 0.260. The number of hydrogen-bond acceptors (Lipinski definition) is 11. The van der Waals surface area contributed by atoms with Gasteiger partial charge in [0.25, 0.3) is 0 Å². The molecule has 2 aromatic carbocycles. The molecule has 0 fully saturated rings. The van der Waals surface area contributed by atoms with Crippen molar-refractivity contribution in [1.29, 1.82) is 0 Å². The minimum atomic E-state index is -4.17. The van der Waals surface area contributed by atoms with E-state index in [1.807, 2.05) is 6.92 Å². The zero-order chi connectivity index (χ0) is 29.7. The largest absolute Gasteiger partial charge is 0.497 e. The Kier molecular flexibility index (Phi) is 8.93. The van der Waals surface area contributed by atoms with Gasteiger partial charge in [0.15, 0.2) is 11.6 Å². The number of aryl methyl sites for hydroxylation is 1. The molecule has 218 valence electrons. The van der Waals surface area contributed by atoms with Crippen LogP contribution in [0.4, 0.5) is 5.95 Å². The molecule has 0 amide bonds. The fourth-order valence-electron chi connectivity index (χ4n) is 4.22. The molecule has 4 aromatic rings. The summed E-state index contributed by atoms with van der Waals surface area (Å²) in [5.74, 6) is 2.07. The van der Waals surface area contributed by atoms with Crippen LogP contribution in [0.15, 0.2) is 48.8 Å². The summed E-state index contributed by atoms with van der Waals surface area (Å²) in [4.78, 5) is 8.52. The Morgan fingerprint density at radius 2 is 1.49 bits per heavy atom. The molecule has 0 aliphatic carbocycles.